The number of halogens is 2. The number of anilines is 2. The Labute approximate surface area is 457 Å². The third-order valence-electron chi connectivity index (χ3n) is 16.5. The van der Waals surface area contributed by atoms with Crippen molar-refractivity contribution in [2.24, 2.45) is 0 Å². The molecule has 4 saturated heterocycles. The summed E-state index contributed by atoms with van der Waals surface area (Å²) in [7, 11) is 3.03. The average Bonchev–Trinajstić information content (AvgIpc) is 2.83. The molecule has 6 atom stereocenters. The van der Waals surface area contributed by atoms with Gasteiger partial charge in [0.1, 0.15) is 24.7 Å². The van der Waals surface area contributed by atoms with Crippen molar-refractivity contribution < 1.29 is 61.7 Å². The second-order valence-corrected chi connectivity index (χ2v) is 21.5. The van der Waals surface area contributed by atoms with Crippen molar-refractivity contribution in [1.82, 2.24) is 30.7 Å². The normalized spacial score (nSPS) is 25.5. The van der Waals surface area contributed by atoms with E-state index >= 15 is 0 Å². The third kappa shape index (κ3) is 10.5. The highest BCUT2D eigenvalue weighted by Crippen LogP contribution is 2.66. The molecule has 0 radical (unpaired) electrons. The van der Waals surface area contributed by atoms with Crippen LogP contribution in [0.4, 0.5) is 39.3 Å². The molecular weight excluding hydrogens is 1020 g/mol. The molecule has 0 unspecified atom stereocenters. The van der Waals surface area contributed by atoms with E-state index in [2.05, 4.69) is 33.5 Å². The number of ether oxygens (including phenoxy) is 2. The summed E-state index contributed by atoms with van der Waals surface area (Å²) in [5, 5.41) is 22.8. The fraction of sp³-hybridized carbons (Fsp3) is 0.448. The number of fused-ring (bicyclic) bond motifs is 6. The minimum Gasteiger partial charge on any atom is -0.480 e. The molecule has 8 aliphatic rings. The van der Waals surface area contributed by atoms with Crippen LogP contribution in [0, 0.1) is 11.6 Å². The number of carboxylic acids is 1. The van der Waals surface area contributed by atoms with Gasteiger partial charge in [-0.3, -0.25) is 19.2 Å². The molecule has 4 aliphatic heterocycles. The van der Waals surface area contributed by atoms with Crippen molar-refractivity contribution in [2.75, 3.05) is 37.8 Å². The molecule has 79 heavy (non-hydrogen) atoms. The molecule has 4 spiro atoms. The summed E-state index contributed by atoms with van der Waals surface area (Å²) >= 11 is 0. The Bertz CT molecular complexity index is 3100. The minimum absolute atomic E-state index is 0. The zero-order chi connectivity index (χ0) is 54.8. The van der Waals surface area contributed by atoms with Crippen molar-refractivity contribution in [3.05, 3.63) is 130 Å². The Morgan fingerprint density at radius 2 is 1.08 bits per heavy atom. The quantitative estimate of drug-likeness (QED) is 0.0968. The van der Waals surface area contributed by atoms with Crippen LogP contribution in [0.3, 0.4) is 0 Å². The van der Waals surface area contributed by atoms with Gasteiger partial charge in [-0.1, -0.05) is 51.3 Å². The maximum Gasteiger partial charge on any atom is 0.418 e. The number of imide groups is 2. The van der Waals surface area contributed by atoms with Gasteiger partial charge in [0.2, 0.25) is 17.1 Å². The number of hydrogen-bond donors (Lipinski definition) is 6. The lowest BCUT2D eigenvalue weighted by Crippen LogP contribution is -2.46. The van der Waals surface area contributed by atoms with E-state index in [1.165, 1.54) is 50.3 Å². The molecule has 19 nitrogen and oxygen atoms in total. The lowest BCUT2D eigenvalue weighted by atomic mass is 9.94. The van der Waals surface area contributed by atoms with Gasteiger partial charge in [-0.05, 0) is 136 Å². The van der Waals surface area contributed by atoms with Crippen molar-refractivity contribution in [3.8, 4) is 0 Å². The summed E-state index contributed by atoms with van der Waals surface area (Å²) < 4.78 is 37.4. The summed E-state index contributed by atoms with van der Waals surface area (Å²) in [5.41, 5.74) is 2.63. The molecule has 6 fully saturated rings. The van der Waals surface area contributed by atoms with Gasteiger partial charge in [-0.2, -0.15) is 0 Å². The van der Waals surface area contributed by atoms with E-state index in [9.17, 15) is 47.1 Å². The van der Waals surface area contributed by atoms with E-state index in [-0.39, 0.29) is 67.4 Å². The average molecular weight is 1090 g/mol. The van der Waals surface area contributed by atoms with Crippen LogP contribution in [-0.4, -0.2) is 107 Å². The third-order valence-corrected chi connectivity index (χ3v) is 16.5. The lowest BCUT2D eigenvalue weighted by Gasteiger charge is -2.30. The first kappa shape index (κ1) is 57.2. The van der Waals surface area contributed by atoms with Gasteiger partial charge < -0.3 is 46.1 Å². The van der Waals surface area contributed by atoms with Gasteiger partial charge in [0.25, 0.3) is 11.8 Å². The van der Waals surface area contributed by atoms with E-state index < -0.39 is 54.3 Å². The fourth-order valence-corrected chi connectivity index (χ4v) is 12.3. The summed E-state index contributed by atoms with van der Waals surface area (Å²) in [4.78, 5) is 103. The molecule has 21 heteroatoms. The number of carboxylic acid groups (broad SMARTS) is 1. The Morgan fingerprint density at radius 1 is 0.620 bits per heavy atom. The van der Waals surface area contributed by atoms with Crippen LogP contribution in [-0.2, 0) is 50.7 Å². The van der Waals surface area contributed by atoms with Gasteiger partial charge in [0.15, 0.2) is 0 Å². The van der Waals surface area contributed by atoms with Crippen LogP contribution >= 0.6 is 0 Å². The van der Waals surface area contributed by atoms with E-state index in [1.807, 2.05) is 25.1 Å². The molecule has 4 aromatic rings. The number of likely N-dealkylation sites (tertiary alicyclic amines) is 1. The second-order valence-electron chi connectivity index (χ2n) is 21.5. The summed E-state index contributed by atoms with van der Waals surface area (Å²) in [6.07, 6.45) is 6.09. The summed E-state index contributed by atoms with van der Waals surface area (Å²) in [6.45, 7) is 2.98. The van der Waals surface area contributed by atoms with Crippen molar-refractivity contribution >= 4 is 59.3 Å². The maximum atomic E-state index is 13.8. The number of aliphatic carboxylic acids is 1. The molecule has 9 amide bonds. The predicted octanol–water partition coefficient (Wildman–Crippen LogP) is 8.98. The van der Waals surface area contributed by atoms with Crippen LogP contribution in [0.25, 0.3) is 0 Å². The molecule has 12 rings (SSSR count). The van der Waals surface area contributed by atoms with E-state index in [0.717, 1.165) is 60.1 Å². The maximum absolute atomic E-state index is 13.8. The number of rotatable bonds is 8. The van der Waals surface area contributed by atoms with Gasteiger partial charge in [-0.25, -0.2) is 37.8 Å². The smallest absolute Gasteiger partial charge is 0.418 e. The topological polar surface area (TPSA) is 245 Å². The first-order chi connectivity index (χ1) is 36.7. The highest BCUT2D eigenvalue weighted by atomic mass is 19.1. The van der Waals surface area contributed by atoms with E-state index in [0.29, 0.717) is 58.7 Å². The number of urea groups is 2. The molecule has 2 saturated carbocycles. The summed E-state index contributed by atoms with van der Waals surface area (Å²) in [5.74, 6) is -3.31. The number of hydrogen-bond acceptors (Lipinski definition) is 11. The van der Waals surface area contributed by atoms with Gasteiger partial charge >= 0.3 is 30.2 Å². The Morgan fingerprint density at radius 3 is 1.49 bits per heavy atom. The first-order valence-electron chi connectivity index (χ1n) is 25.9. The molecular formula is C58H68F2N8O11. The monoisotopic (exact) mass is 1090 g/mol. The molecule has 0 bridgehead atoms. The predicted molar refractivity (Wildman–Crippen MR) is 287 cm³/mol. The van der Waals surface area contributed by atoms with Gasteiger partial charge in [0.05, 0.1) is 6.04 Å². The number of carbonyl (C=O) groups is 8. The summed E-state index contributed by atoms with van der Waals surface area (Å²) in [6, 6.07) is 23.2. The van der Waals surface area contributed by atoms with Crippen LogP contribution in [0.2, 0.25) is 0 Å². The highest BCUT2D eigenvalue weighted by molar-refractivity contribution is 6.08. The second kappa shape index (κ2) is 21.7. The zero-order valence-corrected chi connectivity index (χ0v) is 43.0. The highest BCUT2D eigenvalue weighted by Gasteiger charge is 2.69. The van der Waals surface area contributed by atoms with Crippen molar-refractivity contribution in [2.45, 2.75) is 139 Å². The van der Waals surface area contributed by atoms with Crippen LogP contribution in [0.1, 0.15) is 138 Å². The Kier molecular flexibility index (Phi) is 15.7. The fourth-order valence-electron chi connectivity index (χ4n) is 12.3. The number of nitrogens with one attached hydrogen (secondary N) is 5. The van der Waals surface area contributed by atoms with Gasteiger partial charge in [-0.15, -0.1) is 0 Å². The van der Waals surface area contributed by atoms with Crippen LogP contribution < -0.4 is 26.6 Å². The number of nitrogens with zero attached hydrogens (tertiary/aromatic N) is 3. The molecule has 420 valence electrons. The van der Waals surface area contributed by atoms with Crippen molar-refractivity contribution in [3.63, 3.8) is 0 Å². The minimum atomic E-state index is -1.47. The van der Waals surface area contributed by atoms with Crippen molar-refractivity contribution in [1.29, 1.82) is 0 Å². The lowest BCUT2D eigenvalue weighted by molar-refractivity contribution is -0.144. The van der Waals surface area contributed by atoms with Gasteiger partial charge in [0, 0.05) is 78.4 Å². The molecule has 4 aliphatic carbocycles. The Hall–Kier alpha value is -7.94. The van der Waals surface area contributed by atoms with Crippen LogP contribution in [0.15, 0.2) is 84.9 Å². The molecule has 6 N–H and O–H groups in total. The standard InChI is InChI=1S/C28H29FN4O5.C17H17N3O6.C11H14FN.2CH4/c1-16-3-10-22(17-4-6-18(29)7-5-17)33(16)23(34)14-32-24(35)28(38-26(32)37)15-27(11-12-27)21-13-19(8-9-20(21)28)31-25(36)30-2;1-18-14(24)19-9-2-3-10-11(6-9)16(4-5-16)8-17(10)13(23)20(7-12(21)22)15(25)26-17;1-8-2-7-11(13-8)9-3-5-10(12)6-4-9;;/h4-9,13,16,22H,3,10-12,14-15H2,1-2H3,(H2,30,31,36);2-3,6H,4-5,7-8H2,1H3,(H,21,22)(H2,18,19,24);3-6,8,11,13H,2,7H2,1H3;2*1H4/t16-,22-,28+;17-;8-,11-;;/m010../s1. The largest absolute Gasteiger partial charge is 0.480 e. The SMILES string of the molecule is C.C.CNC(=O)Nc1ccc2c(c1)C1(CC1)C[C@@]21OC(=O)N(CC(=O)N2[C@@H](C)CC[C@H]2c2ccc(F)cc2)C1=O.CNC(=O)Nc1ccc2c(c1)C1(CC1)C[C@@]21OC(=O)N(CC(=O)O)C1=O.C[C@H]1CC[C@@H](c2ccc(F)cc2)N1. The first-order valence-corrected chi connectivity index (χ1v) is 25.9. The number of carbonyl (C=O) groups excluding carboxylic acids is 7. The number of amides is 9. The van der Waals surface area contributed by atoms with E-state index in [1.54, 1.807) is 47.4 Å². The molecule has 4 aromatic carbocycles. The zero-order valence-electron chi connectivity index (χ0n) is 43.0. The van der Waals surface area contributed by atoms with E-state index in [4.69, 9.17) is 14.6 Å². The Balaban J connectivity index is 0.000000173. The molecule has 0 aromatic heterocycles. The van der Waals surface area contributed by atoms with Crippen LogP contribution in [0.5, 0.6) is 0 Å². The molecule has 4 heterocycles. The number of benzene rings is 4.